The summed E-state index contributed by atoms with van der Waals surface area (Å²) in [5.41, 5.74) is 1.72. The van der Waals surface area contributed by atoms with Crippen LogP contribution in [0.1, 0.15) is 5.56 Å². The molecular weight excluding hydrogens is 296 g/mol. The molecular formula is C16H12N4OS. The fourth-order valence-corrected chi connectivity index (χ4v) is 3.09. The van der Waals surface area contributed by atoms with Gasteiger partial charge in [0.1, 0.15) is 0 Å². The molecule has 0 aliphatic carbocycles. The highest BCUT2D eigenvalue weighted by Crippen LogP contribution is 2.19. The summed E-state index contributed by atoms with van der Waals surface area (Å²) in [5.74, 6) is 0. The zero-order valence-corrected chi connectivity index (χ0v) is 12.4. The van der Waals surface area contributed by atoms with Gasteiger partial charge in [0.25, 0.3) is 5.56 Å². The molecule has 0 unspecified atom stereocenters. The van der Waals surface area contributed by atoms with Crippen molar-refractivity contribution in [1.82, 2.24) is 14.6 Å². The molecule has 0 radical (unpaired) electrons. The van der Waals surface area contributed by atoms with Crippen LogP contribution in [0, 0.1) is 0 Å². The van der Waals surface area contributed by atoms with Gasteiger partial charge in [-0.25, -0.2) is 4.98 Å². The van der Waals surface area contributed by atoms with Crippen molar-refractivity contribution in [2.45, 2.75) is 6.54 Å². The van der Waals surface area contributed by atoms with Crippen LogP contribution in [0.4, 0.5) is 5.13 Å². The van der Waals surface area contributed by atoms with E-state index >= 15 is 0 Å². The first-order chi connectivity index (χ1) is 10.8. The Labute approximate surface area is 129 Å². The van der Waals surface area contributed by atoms with E-state index in [9.17, 15) is 4.79 Å². The summed E-state index contributed by atoms with van der Waals surface area (Å²) in [6, 6.07) is 17.4. The van der Waals surface area contributed by atoms with E-state index in [4.69, 9.17) is 0 Å². The third kappa shape index (κ3) is 2.23. The molecule has 4 aromatic rings. The lowest BCUT2D eigenvalue weighted by Crippen LogP contribution is -2.15. The Hall–Kier alpha value is -2.73. The van der Waals surface area contributed by atoms with Crippen molar-refractivity contribution in [1.29, 1.82) is 0 Å². The number of rotatable bonds is 3. The van der Waals surface area contributed by atoms with Crippen LogP contribution in [0.5, 0.6) is 0 Å². The van der Waals surface area contributed by atoms with Gasteiger partial charge in [-0.05, 0) is 17.7 Å². The largest absolute Gasteiger partial charge is 0.356 e. The van der Waals surface area contributed by atoms with Gasteiger partial charge in [0, 0.05) is 6.54 Å². The van der Waals surface area contributed by atoms with Gasteiger partial charge in [-0.1, -0.05) is 53.8 Å². The number of para-hydroxylation sites is 1. The third-order valence-corrected chi connectivity index (χ3v) is 4.26. The summed E-state index contributed by atoms with van der Waals surface area (Å²) in [4.78, 5) is 17.5. The smallest absolute Gasteiger partial charge is 0.283 e. The minimum absolute atomic E-state index is 0.135. The highest BCUT2D eigenvalue weighted by Gasteiger charge is 2.10. The molecule has 0 atom stereocenters. The fraction of sp³-hybridized carbons (Fsp3) is 0.0625. The van der Waals surface area contributed by atoms with E-state index in [1.54, 1.807) is 6.07 Å². The van der Waals surface area contributed by atoms with Crippen molar-refractivity contribution in [3.8, 4) is 0 Å². The zero-order valence-electron chi connectivity index (χ0n) is 11.6. The van der Waals surface area contributed by atoms with Crippen LogP contribution in [0.3, 0.4) is 0 Å². The topological polar surface area (TPSA) is 59.3 Å². The van der Waals surface area contributed by atoms with Crippen molar-refractivity contribution < 1.29 is 0 Å². The van der Waals surface area contributed by atoms with Crippen LogP contribution in [-0.2, 0) is 6.54 Å². The van der Waals surface area contributed by atoms with Crippen molar-refractivity contribution in [2.24, 2.45) is 0 Å². The van der Waals surface area contributed by atoms with E-state index in [1.807, 2.05) is 48.5 Å². The van der Waals surface area contributed by atoms with Gasteiger partial charge < -0.3 is 5.32 Å². The Balaban J connectivity index is 1.73. The van der Waals surface area contributed by atoms with Crippen molar-refractivity contribution in [3.63, 3.8) is 0 Å². The van der Waals surface area contributed by atoms with Crippen molar-refractivity contribution in [3.05, 3.63) is 70.5 Å². The Bertz CT molecular complexity index is 1010. The van der Waals surface area contributed by atoms with E-state index in [0.717, 1.165) is 5.56 Å². The number of hydrogen-bond donors (Lipinski definition) is 1. The minimum atomic E-state index is -0.135. The number of anilines is 1. The average Bonchev–Trinajstić information content (AvgIpc) is 2.97. The molecule has 22 heavy (non-hydrogen) atoms. The second kappa shape index (κ2) is 5.23. The standard InChI is InChI=1S/C16H12N4OS/c21-14-12-8-4-5-9-13(12)18-16-20(14)19-15(22-16)17-10-11-6-2-1-3-7-11/h1-9H,10H2,(H,17,19). The van der Waals surface area contributed by atoms with Gasteiger partial charge in [0.15, 0.2) is 0 Å². The number of fused-ring (bicyclic) bond motifs is 2. The molecule has 2 aromatic heterocycles. The lowest BCUT2D eigenvalue weighted by molar-refractivity contribution is 0.910. The normalized spacial score (nSPS) is 11.1. The van der Waals surface area contributed by atoms with E-state index in [2.05, 4.69) is 15.4 Å². The van der Waals surface area contributed by atoms with Crippen LogP contribution in [0.25, 0.3) is 15.9 Å². The molecule has 0 saturated carbocycles. The van der Waals surface area contributed by atoms with Gasteiger partial charge in [-0.3, -0.25) is 4.79 Å². The van der Waals surface area contributed by atoms with E-state index < -0.39 is 0 Å². The summed E-state index contributed by atoms with van der Waals surface area (Å²) in [7, 11) is 0. The molecule has 2 aromatic carbocycles. The highest BCUT2D eigenvalue weighted by atomic mass is 32.1. The Morgan fingerprint density at radius 3 is 2.68 bits per heavy atom. The molecule has 0 aliphatic rings. The molecule has 0 spiro atoms. The summed E-state index contributed by atoms with van der Waals surface area (Å²) >= 11 is 1.38. The predicted molar refractivity (Wildman–Crippen MR) is 88.4 cm³/mol. The maximum atomic E-state index is 12.4. The van der Waals surface area contributed by atoms with Gasteiger partial charge in [0.05, 0.1) is 10.9 Å². The zero-order chi connectivity index (χ0) is 14.9. The van der Waals surface area contributed by atoms with E-state index in [-0.39, 0.29) is 5.56 Å². The number of hydrogen-bond acceptors (Lipinski definition) is 5. The van der Waals surface area contributed by atoms with Gasteiger partial charge in [-0.2, -0.15) is 4.52 Å². The number of aromatic nitrogens is 3. The number of nitrogens with one attached hydrogen (secondary N) is 1. The van der Waals surface area contributed by atoms with Crippen molar-refractivity contribution >= 4 is 32.3 Å². The molecule has 0 amide bonds. The fourth-order valence-electron chi connectivity index (χ4n) is 2.30. The molecule has 6 heteroatoms. The molecule has 5 nitrogen and oxygen atoms in total. The molecule has 4 rings (SSSR count). The monoisotopic (exact) mass is 308 g/mol. The summed E-state index contributed by atoms with van der Waals surface area (Å²) < 4.78 is 1.36. The van der Waals surface area contributed by atoms with Gasteiger partial charge >= 0.3 is 0 Å². The lowest BCUT2D eigenvalue weighted by Gasteiger charge is -2.00. The van der Waals surface area contributed by atoms with E-state index in [0.29, 0.717) is 27.5 Å². The van der Waals surface area contributed by atoms with Crippen LogP contribution < -0.4 is 10.9 Å². The second-order valence-electron chi connectivity index (χ2n) is 4.87. The molecule has 2 heterocycles. The summed E-state index contributed by atoms with van der Waals surface area (Å²) in [6.45, 7) is 0.662. The lowest BCUT2D eigenvalue weighted by atomic mass is 10.2. The minimum Gasteiger partial charge on any atom is -0.356 e. The van der Waals surface area contributed by atoms with Crippen LogP contribution in [0.15, 0.2) is 59.4 Å². The van der Waals surface area contributed by atoms with Gasteiger partial charge in [-0.15, -0.1) is 5.10 Å². The highest BCUT2D eigenvalue weighted by molar-refractivity contribution is 7.20. The SMILES string of the molecule is O=c1c2ccccc2nc2sc(NCc3ccccc3)nn12. The molecule has 108 valence electrons. The first kappa shape index (κ1) is 13.0. The first-order valence-electron chi connectivity index (χ1n) is 6.88. The molecule has 0 bridgehead atoms. The molecule has 0 aliphatic heterocycles. The molecule has 0 saturated heterocycles. The van der Waals surface area contributed by atoms with Crippen LogP contribution in [0.2, 0.25) is 0 Å². The Kier molecular flexibility index (Phi) is 3.08. The Morgan fingerprint density at radius 2 is 1.82 bits per heavy atom. The molecule has 0 fully saturated rings. The predicted octanol–water partition coefficient (Wildman–Crippen LogP) is 2.92. The maximum absolute atomic E-state index is 12.4. The first-order valence-corrected chi connectivity index (χ1v) is 7.69. The number of benzene rings is 2. The van der Waals surface area contributed by atoms with Crippen LogP contribution >= 0.6 is 11.3 Å². The second-order valence-corrected chi connectivity index (χ2v) is 5.83. The molecule has 1 N–H and O–H groups in total. The third-order valence-electron chi connectivity index (χ3n) is 3.39. The van der Waals surface area contributed by atoms with E-state index in [1.165, 1.54) is 15.9 Å². The quantitative estimate of drug-likeness (QED) is 0.632. The van der Waals surface area contributed by atoms with Gasteiger partial charge in [0.2, 0.25) is 10.1 Å². The maximum Gasteiger partial charge on any atom is 0.283 e. The summed E-state index contributed by atoms with van der Waals surface area (Å²) in [6.07, 6.45) is 0. The number of nitrogens with zero attached hydrogens (tertiary/aromatic N) is 3. The Morgan fingerprint density at radius 1 is 1.05 bits per heavy atom. The summed E-state index contributed by atoms with van der Waals surface area (Å²) in [5, 5.41) is 8.83. The van der Waals surface area contributed by atoms with Crippen LogP contribution in [-0.4, -0.2) is 14.6 Å². The average molecular weight is 308 g/mol. The van der Waals surface area contributed by atoms with Crippen molar-refractivity contribution in [2.75, 3.05) is 5.32 Å².